The first-order valence-corrected chi connectivity index (χ1v) is 13.1. The number of cyclic esters (lactones) is 1. The van der Waals surface area contributed by atoms with Crippen LogP contribution in [0.2, 0.25) is 0 Å². The van der Waals surface area contributed by atoms with Crippen molar-refractivity contribution < 1.29 is 27.4 Å². The number of methoxy groups -OCH3 is 1. The summed E-state index contributed by atoms with van der Waals surface area (Å²) in [5.74, 6) is 1.44. The number of nitrogens with one attached hydrogen (secondary N) is 1. The number of primary sulfonamides is 1. The van der Waals surface area contributed by atoms with E-state index in [1.54, 1.807) is 24.1 Å². The fourth-order valence-corrected chi connectivity index (χ4v) is 4.91. The van der Waals surface area contributed by atoms with Gasteiger partial charge in [-0.3, -0.25) is 0 Å². The van der Waals surface area contributed by atoms with Crippen LogP contribution in [-0.2, 0) is 14.8 Å². The van der Waals surface area contributed by atoms with E-state index in [0.717, 1.165) is 18.6 Å². The Labute approximate surface area is 210 Å². The predicted molar refractivity (Wildman–Crippen MR) is 134 cm³/mol. The molecule has 0 spiro atoms. The SMILES string of the molecule is COc1ccc(OCC2CN(C3CCN(C(=S)Nc4ccc(S(N)(=O)=O)cc4)CC3)C(=O)O2)cc1. The molecule has 2 aromatic rings. The number of sulfonamides is 1. The van der Waals surface area contributed by atoms with Gasteiger partial charge in [-0.05, 0) is 73.6 Å². The highest BCUT2D eigenvalue weighted by Crippen LogP contribution is 2.24. The Hall–Kier alpha value is -3.09. The van der Waals surface area contributed by atoms with Gasteiger partial charge in [-0.25, -0.2) is 18.4 Å². The molecule has 2 aliphatic heterocycles. The van der Waals surface area contributed by atoms with Gasteiger partial charge in [-0.2, -0.15) is 0 Å². The molecule has 2 aromatic carbocycles. The van der Waals surface area contributed by atoms with Crippen LogP contribution >= 0.6 is 12.2 Å². The zero-order valence-electron chi connectivity index (χ0n) is 19.3. The molecule has 10 nitrogen and oxygen atoms in total. The first kappa shape index (κ1) is 25.0. The summed E-state index contributed by atoms with van der Waals surface area (Å²) in [5, 5.41) is 8.80. The molecule has 4 rings (SSSR count). The second kappa shape index (κ2) is 10.7. The Balaban J connectivity index is 1.23. The molecule has 2 saturated heterocycles. The minimum absolute atomic E-state index is 0.0417. The number of carbonyl (C=O) groups is 1. The van der Waals surface area contributed by atoms with E-state index < -0.39 is 10.0 Å². The Morgan fingerprint density at radius 2 is 1.74 bits per heavy atom. The van der Waals surface area contributed by atoms with Crippen molar-refractivity contribution in [3.8, 4) is 11.5 Å². The highest BCUT2D eigenvalue weighted by molar-refractivity contribution is 7.89. The number of nitrogens with zero attached hydrogens (tertiary/aromatic N) is 2. The van der Waals surface area contributed by atoms with Crippen LogP contribution in [0.25, 0.3) is 0 Å². The molecule has 2 heterocycles. The third-order valence-corrected chi connectivity index (χ3v) is 7.31. The molecule has 1 unspecified atom stereocenters. The van der Waals surface area contributed by atoms with Gasteiger partial charge in [-0.15, -0.1) is 0 Å². The van der Waals surface area contributed by atoms with Crippen LogP contribution in [0.1, 0.15) is 12.8 Å². The van der Waals surface area contributed by atoms with Gasteiger partial charge in [0.2, 0.25) is 10.0 Å². The van der Waals surface area contributed by atoms with E-state index in [1.807, 2.05) is 29.2 Å². The number of likely N-dealkylation sites (tertiary alicyclic amines) is 1. The lowest BCUT2D eigenvalue weighted by molar-refractivity contribution is 0.0997. The Kier molecular flexibility index (Phi) is 7.63. The van der Waals surface area contributed by atoms with E-state index >= 15 is 0 Å². The van der Waals surface area contributed by atoms with E-state index in [0.29, 0.717) is 36.2 Å². The monoisotopic (exact) mass is 520 g/mol. The molecule has 0 aromatic heterocycles. The third-order valence-electron chi connectivity index (χ3n) is 6.02. The first-order chi connectivity index (χ1) is 16.7. The maximum absolute atomic E-state index is 12.5. The number of amides is 1. The van der Waals surface area contributed by atoms with Gasteiger partial charge >= 0.3 is 6.09 Å². The Morgan fingerprint density at radius 1 is 1.11 bits per heavy atom. The lowest BCUT2D eigenvalue weighted by Crippen LogP contribution is -2.48. The van der Waals surface area contributed by atoms with Crippen LogP contribution in [0.5, 0.6) is 11.5 Å². The largest absolute Gasteiger partial charge is 0.497 e. The summed E-state index contributed by atoms with van der Waals surface area (Å²) < 4.78 is 39.2. The zero-order valence-corrected chi connectivity index (χ0v) is 20.9. The second-order valence-corrected chi connectivity index (χ2v) is 10.3. The minimum Gasteiger partial charge on any atom is -0.497 e. The van der Waals surface area contributed by atoms with Crippen molar-refractivity contribution in [3.05, 3.63) is 48.5 Å². The van der Waals surface area contributed by atoms with Gasteiger partial charge in [-0.1, -0.05) is 0 Å². The quantitative estimate of drug-likeness (QED) is 0.530. The molecular weight excluding hydrogens is 492 g/mol. The molecule has 1 atom stereocenters. The van der Waals surface area contributed by atoms with Crippen molar-refractivity contribution in [1.29, 1.82) is 0 Å². The topological polar surface area (TPSA) is 123 Å². The number of hydrogen-bond acceptors (Lipinski definition) is 7. The van der Waals surface area contributed by atoms with E-state index in [9.17, 15) is 13.2 Å². The predicted octanol–water partition coefficient (Wildman–Crippen LogP) is 2.40. The number of ether oxygens (including phenoxy) is 3. The second-order valence-electron chi connectivity index (χ2n) is 8.36. The van der Waals surface area contributed by atoms with Gasteiger partial charge in [0, 0.05) is 24.8 Å². The molecule has 2 aliphatic rings. The van der Waals surface area contributed by atoms with Crippen molar-refractivity contribution in [2.24, 2.45) is 5.14 Å². The number of rotatable bonds is 7. The summed E-state index contributed by atoms with van der Waals surface area (Å²) in [6, 6.07) is 13.4. The van der Waals surface area contributed by atoms with Crippen LogP contribution in [0.3, 0.4) is 0 Å². The number of piperidine rings is 1. The maximum atomic E-state index is 12.5. The first-order valence-electron chi connectivity index (χ1n) is 11.2. The van der Waals surface area contributed by atoms with Gasteiger partial charge in [0.15, 0.2) is 11.2 Å². The van der Waals surface area contributed by atoms with Crippen LogP contribution in [0.15, 0.2) is 53.4 Å². The summed E-state index contributed by atoms with van der Waals surface area (Å²) in [5.41, 5.74) is 0.673. The number of anilines is 1. The third kappa shape index (κ3) is 6.32. The number of hydrogen-bond donors (Lipinski definition) is 2. The van der Waals surface area contributed by atoms with Crippen molar-refractivity contribution in [2.45, 2.75) is 29.9 Å². The molecule has 12 heteroatoms. The molecule has 2 fully saturated rings. The Bertz CT molecular complexity index is 1150. The highest BCUT2D eigenvalue weighted by Gasteiger charge is 2.38. The Morgan fingerprint density at radius 3 is 2.34 bits per heavy atom. The average molecular weight is 521 g/mol. The fraction of sp³-hybridized carbons (Fsp3) is 0.391. The number of nitrogens with two attached hydrogens (primary N) is 1. The van der Waals surface area contributed by atoms with Crippen molar-refractivity contribution in [3.63, 3.8) is 0 Å². The summed E-state index contributed by atoms with van der Waals surface area (Å²) in [4.78, 5) is 16.3. The van der Waals surface area contributed by atoms with Gasteiger partial charge in [0.1, 0.15) is 18.1 Å². The van der Waals surface area contributed by atoms with Crippen LogP contribution in [0.4, 0.5) is 10.5 Å². The van der Waals surface area contributed by atoms with Gasteiger partial charge in [0.05, 0.1) is 18.6 Å². The highest BCUT2D eigenvalue weighted by atomic mass is 32.2. The van der Waals surface area contributed by atoms with Crippen LogP contribution in [-0.4, -0.2) is 74.9 Å². The average Bonchev–Trinajstić information content (AvgIpc) is 3.23. The van der Waals surface area contributed by atoms with E-state index in [1.165, 1.54) is 12.1 Å². The molecule has 188 valence electrons. The molecular formula is C23H28N4O6S2. The van der Waals surface area contributed by atoms with Crippen molar-refractivity contribution in [2.75, 3.05) is 38.7 Å². The van der Waals surface area contributed by atoms with Crippen molar-refractivity contribution in [1.82, 2.24) is 9.80 Å². The van der Waals surface area contributed by atoms with E-state index in [-0.39, 0.29) is 29.7 Å². The van der Waals surface area contributed by atoms with E-state index in [4.69, 9.17) is 31.6 Å². The zero-order chi connectivity index (χ0) is 25.0. The molecule has 3 N–H and O–H groups in total. The molecule has 1 amide bonds. The molecule has 0 aliphatic carbocycles. The van der Waals surface area contributed by atoms with E-state index in [2.05, 4.69) is 5.32 Å². The summed E-state index contributed by atoms with van der Waals surface area (Å²) in [6.07, 6.45) is 0.869. The lowest BCUT2D eigenvalue weighted by Gasteiger charge is -2.36. The number of carbonyl (C=O) groups excluding carboxylic acids is 1. The standard InChI is InChI=1S/C23H28N4O6S2/c1-31-18-4-6-19(7-5-18)32-15-20-14-27(23(28)33-20)17-10-12-26(13-11-17)22(34)25-16-2-8-21(9-3-16)35(24,29)30/h2-9,17,20H,10-15H2,1H3,(H,25,34)(H2,24,29,30). The smallest absolute Gasteiger partial charge is 0.410 e. The fourth-order valence-electron chi connectivity index (χ4n) is 4.10. The molecule has 0 bridgehead atoms. The summed E-state index contributed by atoms with van der Waals surface area (Å²) >= 11 is 5.52. The van der Waals surface area contributed by atoms with Crippen LogP contribution < -0.4 is 19.9 Å². The molecule has 35 heavy (non-hydrogen) atoms. The van der Waals surface area contributed by atoms with Crippen molar-refractivity contribution >= 4 is 39.1 Å². The molecule has 0 saturated carbocycles. The minimum atomic E-state index is -3.74. The normalized spacial score (nSPS) is 18.8. The summed E-state index contributed by atoms with van der Waals surface area (Å²) in [6.45, 7) is 2.13. The number of benzene rings is 2. The summed E-state index contributed by atoms with van der Waals surface area (Å²) in [7, 11) is -2.13. The van der Waals surface area contributed by atoms with Gasteiger partial charge < -0.3 is 29.3 Å². The molecule has 0 radical (unpaired) electrons. The van der Waals surface area contributed by atoms with Gasteiger partial charge in [0.25, 0.3) is 0 Å². The maximum Gasteiger partial charge on any atom is 0.410 e. The number of thiocarbonyl (C=S) groups is 1. The van der Waals surface area contributed by atoms with Crippen LogP contribution in [0, 0.1) is 0 Å². The lowest BCUT2D eigenvalue weighted by atomic mass is 10.0.